The maximum atomic E-state index is 12.8. The van der Waals surface area contributed by atoms with E-state index in [1.54, 1.807) is 18.4 Å². The van der Waals surface area contributed by atoms with Crippen LogP contribution in [-0.4, -0.2) is 78.1 Å². The van der Waals surface area contributed by atoms with E-state index in [0.29, 0.717) is 50.4 Å². The van der Waals surface area contributed by atoms with Gasteiger partial charge in [-0.3, -0.25) is 4.79 Å². The Kier molecular flexibility index (Phi) is 6.95. The van der Waals surface area contributed by atoms with Crippen molar-refractivity contribution in [3.05, 3.63) is 41.9 Å². The number of aromatic nitrogens is 2. The van der Waals surface area contributed by atoms with Gasteiger partial charge in [-0.25, -0.2) is 4.98 Å². The highest BCUT2D eigenvalue weighted by Gasteiger charge is 2.33. The minimum Gasteiger partial charge on any atom is -0.343 e. The van der Waals surface area contributed by atoms with Crippen LogP contribution in [0.2, 0.25) is 0 Å². The van der Waals surface area contributed by atoms with Gasteiger partial charge in [0.25, 0.3) is 16.1 Å². The second-order valence-corrected chi connectivity index (χ2v) is 9.61. The first-order chi connectivity index (χ1) is 14.3. The Bertz CT molecular complexity index is 960. The lowest BCUT2D eigenvalue weighted by Crippen LogP contribution is -2.46. The van der Waals surface area contributed by atoms with Crippen molar-refractivity contribution in [3.63, 3.8) is 0 Å². The largest absolute Gasteiger partial charge is 0.343 e. The summed E-state index contributed by atoms with van der Waals surface area (Å²) >= 11 is 0. The van der Waals surface area contributed by atoms with E-state index in [0.717, 1.165) is 11.4 Å². The Morgan fingerprint density at radius 2 is 1.73 bits per heavy atom. The van der Waals surface area contributed by atoms with E-state index in [4.69, 9.17) is 4.98 Å². The molecule has 1 aliphatic heterocycles. The molecule has 0 bridgehead atoms. The lowest BCUT2D eigenvalue weighted by molar-refractivity contribution is 0.0823. The van der Waals surface area contributed by atoms with Crippen LogP contribution < -0.4 is 0 Å². The summed E-state index contributed by atoms with van der Waals surface area (Å²) in [7, 11) is 0.00768. The number of benzene rings is 1. The molecular formula is C21H31N5O3S. The van der Waals surface area contributed by atoms with E-state index < -0.39 is 10.2 Å². The molecule has 0 radical (unpaired) electrons. The van der Waals surface area contributed by atoms with Crippen LogP contribution in [0.1, 0.15) is 48.9 Å². The van der Waals surface area contributed by atoms with Crippen molar-refractivity contribution in [3.8, 4) is 11.3 Å². The average Bonchev–Trinajstić information content (AvgIpc) is 3.20. The summed E-state index contributed by atoms with van der Waals surface area (Å²) in [6.45, 7) is 5.53. The van der Waals surface area contributed by atoms with E-state index >= 15 is 0 Å². The maximum absolute atomic E-state index is 12.8. The van der Waals surface area contributed by atoms with Gasteiger partial charge in [0.1, 0.15) is 17.2 Å². The van der Waals surface area contributed by atoms with Crippen LogP contribution >= 0.6 is 0 Å². The topological polar surface area (TPSA) is 89.6 Å². The van der Waals surface area contributed by atoms with E-state index in [1.165, 1.54) is 9.21 Å². The first kappa shape index (κ1) is 22.5. The monoisotopic (exact) mass is 433 g/mol. The van der Waals surface area contributed by atoms with Crippen molar-refractivity contribution in [2.75, 3.05) is 40.3 Å². The molecule has 1 aliphatic rings. The summed E-state index contributed by atoms with van der Waals surface area (Å²) in [6, 6.07) is 9.64. The lowest BCUT2D eigenvalue weighted by atomic mass is 9.97. The molecule has 0 saturated carbocycles. The standard InChI is InChI=1S/C21H31N5O3S/c1-5-25(6-2)30(28,29)26-14-12-17(13-15-26)20-22-18(16-10-8-7-9-11-16)19(23-20)21(27)24(3)4/h7-11,17H,5-6,12-15H2,1-4H3,(H,22,23). The smallest absolute Gasteiger partial charge is 0.281 e. The Morgan fingerprint density at radius 1 is 1.13 bits per heavy atom. The number of nitrogens with one attached hydrogen (secondary N) is 1. The lowest BCUT2D eigenvalue weighted by Gasteiger charge is -2.33. The Labute approximate surface area is 179 Å². The number of rotatable bonds is 7. The molecule has 9 heteroatoms. The van der Waals surface area contributed by atoms with Gasteiger partial charge in [0.05, 0.1) is 0 Å². The molecular weight excluding hydrogens is 402 g/mol. The third-order valence-corrected chi connectivity index (χ3v) is 7.77. The molecule has 1 fully saturated rings. The predicted molar refractivity (Wildman–Crippen MR) is 117 cm³/mol. The Hall–Kier alpha value is -2.23. The number of aromatic amines is 1. The summed E-state index contributed by atoms with van der Waals surface area (Å²) < 4.78 is 28.6. The number of hydrogen-bond donors (Lipinski definition) is 1. The molecule has 30 heavy (non-hydrogen) atoms. The van der Waals surface area contributed by atoms with Gasteiger partial charge in [-0.2, -0.15) is 17.0 Å². The number of hydrogen-bond acceptors (Lipinski definition) is 4. The van der Waals surface area contributed by atoms with Crippen LogP contribution in [0.25, 0.3) is 11.3 Å². The molecule has 0 aliphatic carbocycles. The van der Waals surface area contributed by atoms with Crippen LogP contribution in [0.15, 0.2) is 30.3 Å². The minimum absolute atomic E-state index is 0.0827. The first-order valence-electron chi connectivity index (χ1n) is 10.4. The molecule has 1 amide bonds. The SMILES string of the molecule is CCN(CC)S(=O)(=O)N1CCC(c2nc(-c3ccccc3)c(C(=O)N(C)C)[nH]2)CC1. The predicted octanol–water partition coefficient (Wildman–Crippen LogP) is 2.54. The summed E-state index contributed by atoms with van der Waals surface area (Å²) in [4.78, 5) is 22.3. The van der Waals surface area contributed by atoms with Crippen LogP contribution in [-0.2, 0) is 10.2 Å². The zero-order valence-corrected chi connectivity index (χ0v) is 18.9. The van der Waals surface area contributed by atoms with Crippen molar-refractivity contribution in [1.82, 2.24) is 23.5 Å². The minimum atomic E-state index is -3.43. The maximum Gasteiger partial charge on any atom is 0.281 e. The zero-order chi connectivity index (χ0) is 21.9. The molecule has 1 aromatic heterocycles. The van der Waals surface area contributed by atoms with Crippen LogP contribution in [0.5, 0.6) is 0 Å². The first-order valence-corrected chi connectivity index (χ1v) is 11.8. The highest BCUT2D eigenvalue weighted by atomic mass is 32.2. The summed E-state index contributed by atoms with van der Waals surface area (Å²) in [5.74, 6) is 0.701. The molecule has 0 unspecified atom stereocenters. The zero-order valence-electron chi connectivity index (χ0n) is 18.1. The second kappa shape index (κ2) is 9.28. The molecule has 8 nitrogen and oxygen atoms in total. The van der Waals surface area contributed by atoms with Crippen molar-refractivity contribution < 1.29 is 13.2 Å². The van der Waals surface area contributed by atoms with E-state index in [-0.39, 0.29) is 11.8 Å². The summed E-state index contributed by atoms with van der Waals surface area (Å²) in [5, 5.41) is 0. The van der Waals surface area contributed by atoms with E-state index in [9.17, 15) is 13.2 Å². The molecule has 164 valence electrons. The molecule has 2 aromatic rings. The Balaban J connectivity index is 1.83. The fourth-order valence-electron chi connectivity index (χ4n) is 3.84. The molecule has 3 rings (SSSR count). The van der Waals surface area contributed by atoms with Crippen molar-refractivity contribution >= 4 is 16.1 Å². The number of carbonyl (C=O) groups excluding carboxylic acids is 1. The number of amides is 1. The molecule has 1 saturated heterocycles. The number of nitrogens with zero attached hydrogens (tertiary/aromatic N) is 4. The van der Waals surface area contributed by atoms with Gasteiger partial charge in [0.2, 0.25) is 0 Å². The Morgan fingerprint density at radius 3 is 2.27 bits per heavy atom. The van der Waals surface area contributed by atoms with E-state index in [1.807, 2.05) is 44.2 Å². The summed E-state index contributed by atoms with van der Waals surface area (Å²) in [5.41, 5.74) is 1.99. The highest BCUT2D eigenvalue weighted by Crippen LogP contribution is 2.31. The quantitative estimate of drug-likeness (QED) is 0.727. The highest BCUT2D eigenvalue weighted by molar-refractivity contribution is 7.86. The molecule has 0 spiro atoms. The number of H-pyrrole nitrogens is 1. The number of imidazole rings is 1. The van der Waals surface area contributed by atoms with Crippen LogP contribution in [0.3, 0.4) is 0 Å². The number of piperidine rings is 1. The van der Waals surface area contributed by atoms with Gasteiger partial charge in [0, 0.05) is 51.8 Å². The third-order valence-electron chi connectivity index (χ3n) is 5.59. The van der Waals surface area contributed by atoms with Crippen molar-refractivity contribution in [2.24, 2.45) is 0 Å². The van der Waals surface area contributed by atoms with Crippen LogP contribution in [0.4, 0.5) is 0 Å². The molecule has 2 heterocycles. The average molecular weight is 434 g/mol. The van der Waals surface area contributed by atoms with Crippen molar-refractivity contribution in [1.29, 1.82) is 0 Å². The molecule has 0 atom stereocenters. The van der Waals surface area contributed by atoms with Gasteiger partial charge < -0.3 is 9.88 Å². The van der Waals surface area contributed by atoms with Gasteiger partial charge in [-0.15, -0.1) is 0 Å². The van der Waals surface area contributed by atoms with Gasteiger partial charge in [-0.05, 0) is 12.8 Å². The van der Waals surface area contributed by atoms with Gasteiger partial charge in [-0.1, -0.05) is 44.2 Å². The normalized spacial score (nSPS) is 16.2. The van der Waals surface area contributed by atoms with Gasteiger partial charge in [0.15, 0.2) is 0 Å². The van der Waals surface area contributed by atoms with Crippen molar-refractivity contribution in [2.45, 2.75) is 32.6 Å². The van der Waals surface area contributed by atoms with E-state index in [2.05, 4.69) is 4.98 Å². The fourth-order valence-corrected chi connectivity index (χ4v) is 5.49. The molecule has 1 aromatic carbocycles. The second-order valence-electron chi connectivity index (χ2n) is 7.68. The van der Waals surface area contributed by atoms with Gasteiger partial charge >= 0.3 is 0 Å². The fraction of sp³-hybridized carbons (Fsp3) is 0.524. The summed E-state index contributed by atoms with van der Waals surface area (Å²) in [6.07, 6.45) is 1.33. The van der Waals surface area contributed by atoms with Crippen LogP contribution in [0, 0.1) is 0 Å². The number of carbonyl (C=O) groups is 1. The molecule has 1 N–H and O–H groups in total. The third kappa shape index (κ3) is 4.43.